The van der Waals surface area contributed by atoms with Crippen LogP contribution < -0.4 is 10.5 Å². The van der Waals surface area contributed by atoms with Gasteiger partial charge in [0.05, 0.1) is 5.56 Å². The maximum Gasteiger partial charge on any atom is 0.416 e. The molecule has 0 spiro atoms. The van der Waals surface area contributed by atoms with E-state index in [1.807, 2.05) is 31.1 Å². The van der Waals surface area contributed by atoms with Crippen molar-refractivity contribution < 1.29 is 22.7 Å². The van der Waals surface area contributed by atoms with Crippen molar-refractivity contribution >= 4 is 11.7 Å². The average Bonchev–Trinajstić information content (AvgIpc) is 3.34. The molecule has 1 aromatic heterocycles. The second-order valence-corrected chi connectivity index (χ2v) is 8.79. The van der Waals surface area contributed by atoms with E-state index in [9.17, 15) is 18.0 Å². The number of anilines is 1. The summed E-state index contributed by atoms with van der Waals surface area (Å²) in [5, 5.41) is 0. The summed E-state index contributed by atoms with van der Waals surface area (Å²) in [5.41, 5.74) is 7.21. The van der Waals surface area contributed by atoms with Crippen molar-refractivity contribution in [2.24, 2.45) is 0 Å². The molecule has 1 fully saturated rings. The number of likely N-dealkylation sites (tertiary alicyclic amines) is 1. The molecule has 0 bridgehead atoms. The molecular formula is C26H27F3N4O2. The largest absolute Gasteiger partial charge is 0.485 e. The number of carbonyl (C=O) groups excluding carboxylic acids is 1. The summed E-state index contributed by atoms with van der Waals surface area (Å²) >= 11 is 0. The smallest absolute Gasteiger partial charge is 0.416 e. The molecule has 2 heterocycles. The molecule has 0 radical (unpaired) electrons. The second-order valence-electron chi connectivity index (χ2n) is 8.79. The SMILES string of the molecule is CN(C)C1CCN(C(=O)c2ccc(-c3cnc(N)c(OCc4ccccc4C(F)(F)F)c3)cc2)C1. The van der Waals surface area contributed by atoms with Gasteiger partial charge in [-0.2, -0.15) is 13.2 Å². The molecule has 1 aliphatic rings. The summed E-state index contributed by atoms with van der Waals surface area (Å²) in [4.78, 5) is 21.0. The molecule has 3 aromatic rings. The number of nitrogen functional groups attached to an aromatic ring is 1. The Bertz CT molecular complexity index is 1200. The van der Waals surface area contributed by atoms with E-state index < -0.39 is 11.7 Å². The van der Waals surface area contributed by atoms with Crippen LogP contribution in [0.25, 0.3) is 11.1 Å². The lowest BCUT2D eigenvalue weighted by atomic mass is 10.0. The Kier molecular flexibility index (Phi) is 6.98. The van der Waals surface area contributed by atoms with Gasteiger partial charge in [0.25, 0.3) is 5.91 Å². The molecule has 1 atom stereocenters. The molecule has 1 aliphatic heterocycles. The molecule has 1 saturated heterocycles. The number of amides is 1. The monoisotopic (exact) mass is 484 g/mol. The van der Waals surface area contributed by atoms with E-state index in [1.54, 1.807) is 24.4 Å². The summed E-state index contributed by atoms with van der Waals surface area (Å²) in [5.74, 6) is 0.254. The Morgan fingerprint density at radius 2 is 1.86 bits per heavy atom. The van der Waals surface area contributed by atoms with E-state index >= 15 is 0 Å². The van der Waals surface area contributed by atoms with E-state index in [1.165, 1.54) is 18.2 Å². The topological polar surface area (TPSA) is 71.7 Å². The van der Waals surface area contributed by atoms with Crippen molar-refractivity contribution in [3.8, 4) is 16.9 Å². The van der Waals surface area contributed by atoms with Crippen LogP contribution in [0.3, 0.4) is 0 Å². The predicted molar refractivity (Wildman–Crippen MR) is 128 cm³/mol. The lowest BCUT2D eigenvalue weighted by molar-refractivity contribution is -0.138. The van der Waals surface area contributed by atoms with Gasteiger partial charge in [-0.1, -0.05) is 30.3 Å². The first kappa shape index (κ1) is 24.5. The van der Waals surface area contributed by atoms with E-state index in [0.717, 1.165) is 24.6 Å². The van der Waals surface area contributed by atoms with Crippen LogP contribution in [0.15, 0.2) is 60.8 Å². The minimum Gasteiger partial charge on any atom is -0.485 e. The molecule has 4 rings (SSSR count). The average molecular weight is 485 g/mol. The standard InChI is InChI=1S/C26H27F3N4O2/c1-32(2)21-11-12-33(15-21)25(34)18-9-7-17(8-10-18)20-13-23(24(30)31-14-20)35-16-19-5-3-4-6-22(19)26(27,28)29/h3-10,13-14,21H,11-12,15-16H2,1-2H3,(H2,30,31). The maximum atomic E-state index is 13.3. The first-order valence-corrected chi connectivity index (χ1v) is 11.2. The molecule has 0 saturated carbocycles. The van der Waals surface area contributed by atoms with Crippen LogP contribution in [-0.2, 0) is 12.8 Å². The summed E-state index contributed by atoms with van der Waals surface area (Å²) in [6.07, 6.45) is -1.97. The van der Waals surface area contributed by atoms with Crippen LogP contribution in [0, 0.1) is 0 Å². The number of alkyl halides is 3. The highest BCUT2D eigenvalue weighted by atomic mass is 19.4. The number of rotatable bonds is 6. The summed E-state index contributed by atoms with van der Waals surface area (Å²) in [6.45, 7) is 1.12. The number of nitrogens with zero attached hydrogens (tertiary/aromatic N) is 3. The first-order chi connectivity index (χ1) is 16.6. The Balaban J connectivity index is 1.48. The number of carbonyl (C=O) groups is 1. The highest BCUT2D eigenvalue weighted by Crippen LogP contribution is 2.33. The van der Waals surface area contributed by atoms with Gasteiger partial charge in [-0.15, -0.1) is 0 Å². The van der Waals surface area contributed by atoms with Crippen LogP contribution in [0.2, 0.25) is 0 Å². The molecule has 9 heteroatoms. The van der Waals surface area contributed by atoms with Crippen molar-refractivity contribution in [2.45, 2.75) is 25.2 Å². The minimum absolute atomic E-state index is 0.00564. The highest BCUT2D eigenvalue weighted by molar-refractivity contribution is 5.95. The fourth-order valence-corrected chi connectivity index (χ4v) is 4.14. The molecule has 0 aliphatic carbocycles. The molecular weight excluding hydrogens is 457 g/mol. The fraction of sp³-hybridized carbons (Fsp3) is 0.308. The third-order valence-electron chi connectivity index (χ3n) is 6.23. The quantitative estimate of drug-likeness (QED) is 0.549. The lowest BCUT2D eigenvalue weighted by Crippen LogP contribution is -2.34. The molecule has 35 heavy (non-hydrogen) atoms. The molecule has 6 nitrogen and oxygen atoms in total. The van der Waals surface area contributed by atoms with Crippen LogP contribution in [0.5, 0.6) is 5.75 Å². The van der Waals surface area contributed by atoms with Gasteiger partial charge in [0, 0.05) is 42.0 Å². The van der Waals surface area contributed by atoms with Crippen LogP contribution in [0.4, 0.5) is 19.0 Å². The number of nitrogens with two attached hydrogens (primary N) is 1. The molecule has 184 valence electrons. The van der Waals surface area contributed by atoms with Crippen molar-refractivity contribution in [1.29, 1.82) is 0 Å². The number of pyridine rings is 1. The number of hydrogen-bond donors (Lipinski definition) is 1. The normalized spacial score (nSPS) is 16.1. The van der Waals surface area contributed by atoms with Gasteiger partial charge in [-0.25, -0.2) is 4.98 Å². The van der Waals surface area contributed by atoms with Crippen LogP contribution in [-0.4, -0.2) is 53.9 Å². The number of ether oxygens (including phenoxy) is 1. The van der Waals surface area contributed by atoms with Crippen molar-refractivity contribution in [1.82, 2.24) is 14.8 Å². The van der Waals surface area contributed by atoms with Crippen LogP contribution >= 0.6 is 0 Å². The van der Waals surface area contributed by atoms with Gasteiger partial charge in [-0.3, -0.25) is 4.79 Å². The first-order valence-electron chi connectivity index (χ1n) is 11.2. The van der Waals surface area contributed by atoms with Gasteiger partial charge in [-0.05, 0) is 50.3 Å². The van der Waals surface area contributed by atoms with Gasteiger partial charge in [0.1, 0.15) is 6.61 Å². The van der Waals surface area contributed by atoms with Crippen molar-refractivity contribution in [2.75, 3.05) is 32.9 Å². The van der Waals surface area contributed by atoms with Crippen molar-refractivity contribution in [3.63, 3.8) is 0 Å². The molecule has 2 aromatic carbocycles. The number of likely N-dealkylation sites (N-methyl/N-ethyl adjacent to an activating group) is 1. The van der Waals surface area contributed by atoms with E-state index in [4.69, 9.17) is 10.5 Å². The van der Waals surface area contributed by atoms with E-state index in [2.05, 4.69) is 9.88 Å². The minimum atomic E-state index is -4.48. The molecule has 2 N–H and O–H groups in total. The summed E-state index contributed by atoms with van der Waals surface area (Å²) in [7, 11) is 4.03. The Hall–Kier alpha value is -3.59. The van der Waals surface area contributed by atoms with Gasteiger partial charge >= 0.3 is 6.18 Å². The van der Waals surface area contributed by atoms with Gasteiger partial charge in [0.15, 0.2) is 11.6 Å². The van der Waals surface area contributed by atoms with Gasteiger partial charge < -0.3 is 20.3 Å². The Morgan fingerprint density at radius 1 is 1.14 bits per heavy atom. The number of benzene rings is 2. The third-order valence-corrected chi connectivity index (χ3v) is 6.23. The molecule has 1 amide bonds. The Labute approximate surface area is 202 Å². The Morgan fingerprint density at radius 3 is 2.51 bits per heavy atom. The zero-order valence-corrected chi connectivity index (χ0v) is 19.5. The van der Waals surface area contributed by atoms with E-state index in [-0.39, 0.29) is 29.6 Å². The number of aromatic nitrogens is 1. The van der Waals surface area contributed by atoms with Gasteiger partial charge in [0.2, 0.25) is 0 Å². The second kappa shape index (κ2) is 9.95. The fourth-order valence-electron chi connectivity index (χ4n) is 4.14. The number of hydrogen-bond acceptors (Lipinski definition) is 5. The highest BCUT2D eigenvalue weighted by Gasteiger charge is 2.33. The predicted octanol–water partition coefficient (Wildman–Crippen LogP) is 4.70. The maximum absolute atomic E-state index is 13.3. The van der Waals surface area contributed by atoms with Crippen LogP contribution in [0.1, 0.15) is 27.9 Å². The summed E-state index contributed by atoms with van der Waals surface area (Å²) < 4.78 is 45.4. The third kappa shape index (κ3) is 5.57. The summed E-state index contributed by atoms with van der Waals surface area (Å²) in [6, 6.07) is 14.4. The number of halogens is 3. The zero-order chi connectivity index (χ0) is 25.2. The molecule has 1 unspecified atom stereocenters. The lowest BCUT2D eigenvalue weighted by Gasteiger charge is -2.20. The van der Waals surface area contributed by atoms with E-state index in [0.29, 0.717) is 23.7 Å². The van der Waals surface area contributed by atoms with Crippen molar-refractivity contribution in [3.05, 3.63) is 77.5 Å². The zero-order valence-electron chi connectivity index (χ0n) is 19.5.